The van der Waals surface area contributed by atoms with Crippen LogP contribution >= 0.6 is 7.82 Å². The molecule has 0 aliphatic rings. The van der Waals surface area contributed by atoms with Gasteiger partial charge in [0.2, 0.25) is 0 Å². The monoisotopic (exact) mass is 375 g/mol. The topological polar surface area (TPSA) is 134 Å². The molecular formula is C15H22NO8P. The maximum atomic E-state index is 12.0. The number of aliphatic carboxylic acids is 1. The number of carboxylic acids is 1. The van der Waals surface area contributed by atoms with Gasteiger partial charge < -0.3 is 14.4 Å². The summed E-state index contributed by atoms with van der Waals surface area (Å²) in [5, 5.41) is 9.38. The molecule has 1 rings (SSSR count). The Morgan fingerprint density at radius 2 is 1.72 bits per heavy atom. The van der Waals surface area contributed by atoms with Gasteiger partial charge in [-0.2, -0.15) is 0 Å². The Balaban J connectivity index is 2.86. The Hall–Kier alpha value is -2.09. The molecule has 0 aliphatic carbocycles. The van der Waals surface area contributed by atoms with E-state index in [2.05, 4.69) is 4.52 Å². The van der Waals surface area contributed by atoms with Crippen LogP contribution < -0.4 is 4.52 Å². The molecule has 25 heavy (non-hydrogen) atoms. The van der Waals surface area contributed by atoms with E-state index in [4.69, 9.17) is 14.5 Å². The normalized spacial score (nSPS) is 13.0. The van der Waals surface area contributed by atoms with E-state index >= 15 is 0 Å². The highest BCUT2D eigenvalue weighted by atomic mass is 31.2. The number of carbonyl (C=O) groups is 2. The van der Waals surface area contributed by atoms with Crippen molar-refractivity contribution >= 4 is 19.9 Å². The molecule has 0 unspecified atom stereocenters. The van der Waals surface area contributed by atoms with Gasteiger partial charge in [-0.3, -0.25) is 14.7 Å². The van der Waals surface area contributed by atoms with E-state index in [1.54, 1.807) is 20.8 Å². The summed E-state index contributed by atoms with van der Waals surface area (Å²) in [5.41, 5.74) is -0.212. The molecule has 0 radical (unpaired) electrons. The van der Waals surface area contributed by atoms with Crippen LogP contribution in [0, 0.1) is 0 Å². The largest absolute Gasteiger partial charge is 0.524 e. The fourth-order valence-corrected chi connectivity index (χ4v) is 2.29. The number of ether oxygens (including phenoxy) is 1. The van der Waals surface area contributed by atoms with E-state index in [0.29, 0.717) is 5.56 Å². The van der Waals surface area contributed by atoms with Crippen LogP contribution in [0.15, 0.2) is 24.3 Å². The number of carbonyl (C=O) groups excluding carboxylic acids is 1. The maximum Gasteiger partial charge on any atom is 0.524 e. The fraction of sp³-hybridized carbons (Fsp3) is 0.467. The summed E-state index contributed by atoms with van der Waals surface area (Å²) in [5.74, 6) is -1.26. The first kappa shape index (κ1) is 21.0. The van der Waals surface area contributed by atoms with E-state index in [9.17, 15) is 19.3 Å². The predicted molar refractivity (Wildman–Crippen MR) is 88.2 cm³/mol. The van der Waals surface area contributed by atoms with Crippen LogP contribution in [0.1, 0.15) is 26.3 Å². The van der Waals surface area contributed by atoms with Crippen molar-refractivity contribution in [2.75, 3.05) is 7.05 Å². The fourth-order valence-electron chi connectivity index (χ4n) is 1.90. The van der Waals surface area contributed by atoms with Crippen molar-refractivity contribution in [2.24, 2.45) is 0 Å². The minimum Gasteiger partial charge on any atom is -0.480 e. The average Bonchev–Trinajstić information content (AvgIpc) is 2.42. The summed E-state index contributed by atoms with van der Waals surface area (Å²) in [7, 11) is -3.33. The second-order valence-electron chi connectivity index (χ2n) is 6.38. The SMILES string of the molecule is CN(C(=O)OC(C)(C)C)[C@@H](Cc1ccc(OP(=O)(O)O)cc1)C(=O)O. The highest BCUT2D eigenvalue weighted by Crippen LogP contribution is 2.37. The van der Waals surface area contributed by atoms with Crippen molar-refractivity contribution in [2.45, 2.75) is 38.8 Å². The number of hydrogen-bond donors (Lipinski definition) is 3. The molecule has 0 saturated heterocycles. The number of carboxylic acid groups (broad SMARTS) is 1. The Morgan fingerprint density at radius 1 is 1.20 bits per heavy atom. The average molecular weight is 375 g/mol. The third-order valence-corrected chi connectivity index (χ3v) is 3.46. The van der Waals surface area contributed by atoms with E-state index in [-0.39, 0.29) is 12.2 Å². The molecule has 1 aromatic carbocycles. The number of phosphoric ester groups is 1. The van der Waals surface area contributed by atoms with Crippen LogP contribution in [0.4, 0.5) is 4.79 Å². The third-order valence-electron chi connectivity index (χ3n) is 3.01. The summed E-state index contributed by atoms with van der Waals surface area (Å²) in [6.07, 6.45) is -0.775. The van der Waals surface area contributed by atoms with Gasteiger partial charge in [-0.15, -0.1) is 0 Å². The lowest BCUT2D eigenvalue weighted by Gasteiger charge is -2.28. The van der Waals surface area contributed by atoms with Gasteiger partial charge in [-0.25, -0.2) is 14.2 Å². The first-order valence-corrected chi connectivity index (χ1v) is 8.84. The highest BCUT2D eigenvalue weighted by Gasteiger charge is 2.30. The lowest BCUT2D eigenvalue weighted by atomic mass is 10.1. The van der Waals surface area contributed by atoms with Crippen molar-refractivity contribution in [1.29, 1.82) is 0 Å². The molecule has 0 spiro atoms. The number of likely N-dealkylation sites (N-methyl/N-ethyl adjacent to an activating group) is 1. The minimum atomic E-state index is -4.66. The highest BCUT2D eigenvalue weighted by molar-refractivity contribution is 7.46. The molecule has 0 aromatic heterocycles. The molecule has 140 valence electrons. The molecule has 0 aliphatic heterocycles. The number of rotatable bonds is 6. The van der Waals surface area contributed by atoms with Gasteiger partial charge in [0, 0.05) is 13.5 Å². The van der Waals surface area contributed by atoms with Crippen molar-refractivity contribution in [3.05, 3.63) is 29.8 Å². The third kappa shape index (κ3) is 7.55. The van der Waals surface area contributed by atoms with Gasteiger partial charge in [0.15, 0.2) is 0 Å². The van der Waals surface area contributed by atoms with Crippen molar-refractivity contribution < 1.29 is 38.3 Å². The molecule has 0 saturated carbocycles. The Morgan fingerprint density at radius 3 is 2.12 bits per heavy atom. The first-order chi connectivity index (χ1) is 11.3. The standard InChI is InChI=1S/C15H22NO8P/c1-15(2,3)23-14(19)16(4)12(13(17)18)9-10-5-7-11(8-6-10)24-25(20,21)22/h5-8,12H,9H2,1-4H3,(H,17,18)(H2,20,21,22)/t12-/m0/s1. The van der Waals surface area contributed by atoms with Gasteiger partial charge in [0.25, 0.3) is 0 Å². The molecule has 10 heteroatoms. The summed E-state index contributed by atoms with van der Waals surface area (Å²) in [6, 6.07) is 4.37. The minimum absolute atomic E-state index is 0.0126. The van der Waals surface area contributed by atoms with Crippen molar-refractivity contribution in [1.82, 2.24) is 4.90 Å². The van der Waals surface area contributed by atoms with Crippen molar-refractivity contribution in [3.8, 4) is 5.75 Å². The quantitative estimate of drug-likeness (QED) is 0.643. The zero-order chi connectivity index (χ0) is 19.4. The van der Waals surface area contributed by atoms with Gasteiger partial charge in [-0.05, 0) is 38.5 Å². The summed E-state index contributed by atoms with van der Waals surface area (Å²) in [6.45, 7) is 5.02. The smallest absolute Gasteiger partial charge is 0.480 e. The van der Waals surface area contributed by atoms with Crippen LogP contribution in [0.25, 0.3) is 0 Å². The lowest BCUT2D eigenvalue weighted by Crippen LogP contribution is -2.46. The number of nitrogens with zero attached hydrogens (tertiary/aromatic N) is 1. The molecule has 0 heterocycles. The van der Waals surface area contributed by atoms with Crippen LogP contribution in [-0.4, -0.2) is 50.5 Å². The lowest BCUT2D eigenvalue weighted by molar-refractivity contribution is -0.142. The summed E-state index contributed by atoms with van der Waals surface area (Å²) < 4.78 is 20.3. The number of phosphoric acid groups is 1. The van der Waals surface area contributed by atoms with E-state index in [1.165, 1.54) is 31.3 Å². The molecular weight excluding hydrogens is 353 g/mol. The Kier molecular flexibility index (Phi) is 6.59. The predicted octanol–water partition coefficient (Wildman–Crippen LogP) is 2.02. The van der Waals surface area contributed by atoms with Gasteiger partial charge in [0.05, 0.1) is 0 Å². The second-order valence-corrected chi connectivity index (χ2v) is 7.54. The second kappa shape index (κ2) is 7.86. The Labute approximate surface area is 145 Å². The summed E-state index contributed by atoms with van der Waals surface area (Å²) in [4.78, 5) is 42.0. The zero-order valence-electron chi connectivity index (χ0n) is 14.4. The molecule has 9 nitrogen and oxygen atoms in total. The Bertz CT molecular complexity index is 661. The van der Waals surface area contributed by atoms with Gasteiger partial charge >= 0.3 is 19.9 Å². The molecule has 1 aromatic rings. The number of benzene rings is 1. The number of amides is 1. The molecule has 3 N–H and O–H groups in total. The van der Waals surface area contributed by atoms with Gasteiger partial charge in [-0.1, -0.05) is 12.1 Å². The molecule has 1 atom stereocenters. The van der Waals surface area contributed by atoms with Gasteiger partial charge in [0.1, 0.15) is 17.4 Å². The van der Waals surface area contributed by atoms with Crippen LogP contribution in [0.5, 0.6) is 5.75 Å². The van der Waals surface area contributed by atoms with E-state index in [1.807, 2.05) is 0 Å². The summed E-state index contributed by atoms with van der Waals surface area (Å²) >= 11 is 0. The zero-order valence-corrected chi connectivity index (χ0v) is 15.3. The van der Waals surface area contributed by atoms with E-state index in [0.717, 1.165) is 4.90 Å². The molecule has 1 amide bonds. The van der Waals surface area contributed by atoms with Crippen LogP contribution in [0.3, 0.4) is 0 Å². The van der Waals surface area contributed by atoms with Crippen LogP contribution in [0.2, 0.25) is 0 Å². The molecule has 0 bridgehead atoms. The molecule has 0 fully saturated rings. The van der Waals surface area contributed by atoms with Crippen LogP contribution in [-0.2, 0) is 20.5 Å². The number of hydrogen-bond acceptors (Lipinski definition) is 5. The first-order valence-electron chi connectivity index (χ1n) is 7.31. The van der Waals surface area contributed by atoms with E-state index < -0.39 is 31.5 Å². The van der Waals surface area contributed by atoms with Crippen molar-refractivity contribution in [3.63, 3.8) is 0 Å². The maximum absolute atomic E-state index is 12.0.